The number of pyridine rings is 6. The van der Waals surface area contributed by atoms with Gasteiger partial charge in [0.1, 0.15) is 0 Å². The van der Waals surface area contributed by atoms with E-state index >= 15 is 0 Å². The maximum Gasteiger partial charge on any atom is 0.261 e. The number of anilines is 4. The molecule has 1 aliphatic rings. The Morgan fingerprint density at radius 1 is 0.277 bits per heavy atom. The number of unbranched alkanes of at least 4 members (excludes halogenated alkanes) is 1. The summed E-state index contributed by atoms with van der Waals surface area (Å²) in [7, 11) is -14.7. The molecular weight excluding hydrogens is 1560 g/mol. The first-order chi connectivity index (χ1) is 57.5. The van der Waals surface area contributed by atoms with Crippen molar-refractivity contribution in [2.45, 2.75) is 131 Å². The van der Waals surface area contributed by atoms with E-state index in [0.717, 1.165) is 137 Å². The summed E-state index contributed by atoms with van der Waals surface area (Å²) >= 11 is 0. The highest BCUT2D eigenvalue weighted by atomic mass is 32.2. The maximum absolute atomic E-state index is 12.9. The molecule has 16 rings (SSSR count). The third-order valence-corrected chi connectivity index (χ3v) is 26.1. The Morgan fingerprint density at radius 3 is 0.983 bits per heavy atom. The molecule has 0 atom stereocenters. The second-order valence-electron chi connectivity index (χ2n) is 29.8. The van der Waals surface area contributed by atoms with Crippen LogP contribution in [0.3, 0.4) is 0 Å². The highest BCUT2D eigenvalue weighted by molar-refractivity contribution is 7.93. The molecule has 0 saturated carbocycles. The van der Waals surface area contributed by atoms with Gasteiger partial charge in [-0.3, -0.25) is 48.8 Å². The van der Waals surface area contributed by atoms with E-state index in [1.165, 1.54) is 49.9 Å². The van der Waals surface area contributed by atoms with Crippen molar-refractivity contribution in [3.63, 3.8) is 0 Å². The molecule has 6 aromatic heterocycles. The van der Waals surface area contributed by atoms with Crippen LogP contribution in [0.25, 0.3) is 43.6 Å². The fourth-order valence-corrected chi connectivity index (χ4v) is 18.2. The van der Waals surface area contributed by atoms with Crippen LogP contribution in [-0.4, -0.2) is 88.1 Å². The molecular formula is C96H97N11O8S4. The summed E-state index contributed by atoms with van der Waals surface area (Å²) in [5.41, 5.74) is 16.0. The largest absolute Gasteiger partial charge is 0.303 e. The molecule has 1 aliphatic heterocycles. The third kappa shape index (κ3) is 23.8. The SMILES string of the molecule is Cc1ccc(S(=O)(=O)Nc2cccc3ccc(CCCCN4CCCCC4)nc23)cc1.Cc1ccc(S(=O)(=O)Nc2cccc3ccc(CCCc4ccncc4)nc23)cc1.Cc1ccc(S(=O)(=O)Nc2cccc3ccc(CCc4ccccc4)nc23)cc1.Cc1ccc(S(=O)(=O)Nc2cccc3ccc(CCc4ccccn4)nc23)cc1. The van der Waals surface area contributed by atoms with Gasteiger partial charge in [0.2, 0.25) is 0 Å². The molecule has 19 nitrogen and oxygen atoms in total. The summed E-state index contributed by atoms with van der Waals surface area (Å²) in [4.78, 5) is 31.0. The smallest absolute Gasteiger partial charge is 0.261 e. The predicted octanol–water partition coefficient (Wildman–Crippen LogP) is 19.7. The van der Waals surface area contributed by atoms with Crippen LogP contribution in [0.1, 0.15) is 100 Å². The molecule has 1 saturated heterocycles. The number of para-hydroxylation sites is 4. The molecule has 0 spiro atoms. The molecule has 119 heavy (non-hydrogen) atoms. The number of rotatable bonds is 27. The number of aryl methyl sites for hydroxylation is 11. The molecule has 608 valence electrons. The lowest BCUT2D eigenvalue weighted by Crippen LogP contribution is -2.30. The van der Waals surface area contributed by atoms with Crippen molar-refractivity contribution in [1.29, 1.82) is 0 Å². The fraction of sp³-hybridized carbons (Fsp3) is 0.208. The molecule has 0 aliphatic carbocycles. The zero-order valence-corrected chi connectivity index (χ0v) is 70.4. The van der Waals surface area contributed by atoms with Gasteiger partial charge in [-0.15, -0.1) is 0 Å². The average molecular weight is 1660 g/mol. The van der Waals surface area contributed by atoms with Gasteiger partial charge < -0.3 is 4.90 Å². The lowest BCUT2D eigenvalue weighted by Gasteiger charge is -2.26. The number of nitrogens with zero attached hydrogens (tertiary/aromatic N) is 7. The van der Waals surface area contributed by atoms with Crippen molar-refractivity contribution < 1.29 is 33.7 Å². The number of nitrogens with one attached hydrogen (secondary N) is 4. The quantitative estimate of drug-likeness (QED) is 0.0349. The van der Waals surface area contributed by atoms with Crippen molar-refractivity contribution in [1.82, 2.24) is 34.8 Å². The topological polar surface area (TPSA) is 265 Å². The lowest BCUT2D eigenvalue weighted by atomic mass is 10.1. The van der Waals surface area contributed by atoms with Gasteiger partial charge >= 0.3 is 0 Å². The first-order valence-electron chi connectivity index (χ1n) is 40.0. The number of aromatic nitrogens is 6. The van der Waals surface area contributed by atoms with Gasteiger partial charge in [0.15, 0.2) is 0 Å². The van der Waals surface area contributed by atoms with Crippen LogP contribution in [-0.2, 0) is 85.0 Å². The molecule has 1 fully saturated rings. The van der Waals surface area contributed by atoms with Gasteiger partial charge in [-0.05, 0) is 257 Å². The number of hydrogen-bond acceptors (Lipinski definition) is 15. The number of likely N-dealkylation sites (tertiary alicyclic amines) is 1. The van der Waals surface area contributed by atoms with E-state index in [0.29, 0.717) is 44.8 Å². The molecule has 0 amide bonds. The number of benzene rings is 9. The average Bonchev–Trinajstić information content (AvgIpc) is 0.807. The van der Waals surface area contributed by atoms with Gasteiger partial charge in [-0.2, -0.15) is 0 Å². The fourth-order valence-electron chi connectivity index (χ4n) is 13.9. The first kappa shape index (κ1) is 84.8. The van der Waals surface area contributed by atoms with E-state index in [1.807, 2.05) is 167 Å². The van der Waals surface area contributed by atoms with E-state index in [-0.39, 0.29) is 19.6 Å². The normalized spacial score (nSPS) is 12.5. The molecule has 0 unspecified atom stereocenters. The van der Waals surface area contributed by atoms with Gasteiger partial charge in [-0.1, -0.05) is 186 Å². The van der Waals surface area contributed by atoms with Crippen LogP contribution in [0.15, 0.2) is 317 Å². The number of sulfonamides is 4. The second-order valence-corrected chi connectivity index (χ2v) is 36.5. The van der Waals surface area contributed by atoms with Crippen molar-refractivity contribution in [3.05, 3.63) is 359 Å². The van der Waals surface area contributed by atoms with Crippen molar-refractivity contribution >= 4 is 106 Å². The monoisotopic (exact) mass is 1660 g/mol. The van der Waals surface area contributed by atoms with Crippen molar-refractivity contribution in [2.75, 3.05) is 38.5 Å². The van der Waals surface area contributed by atoms with E-state index in [4.69, 9.17) is 19.9 Å². The Labute approximate surface area is 698 Å². The Bertz CT molecular complexity index is 6220. The number of fused-ring (bicyclic) bond motifs is 4. The van der Waals surface area contributed by atoms with E-state index < -0.39 is 40.1 Å². The summed E-state index contributed by atoms with van der Waals surface area (Å²) in [6.45, 7) is 11.3. The summed E-state index contributed by atoms with van der Waals surface area (Å²) in [5, 5.41) is 3.62. The minimum atomic E-state index is -3.69. The molecule has 9 aromatic carbocycles. The molecule has 15 aromatic rings. The van der Waals surface area contributed by atoms with Crippen molar-refractivity contribution in [2.24, 2.45) is 0 Å². The maximum atomic E-state index is 12.9. The summed E-state index contributed by atoms with van der Waals surface area (Å²) in [6, 6.07) is 85.6. The molecule has 7 heterocycles. The van der Waals surface area contributed by atoms with Crippen LogP contribution in [0.4, 0.5) is 22.7 Å². The highest BCUT2D eigenvalue weighted by Gasteiger charge is 2.22. The van der Waals surface area contributed by atoms with Crippen LogP contribution >= 0.6 is 0 Å². The van der Waals surface area contributed by atoms with Crippen LogP contribution in [0.5, 0.6) is 0 Å². The van der Waals surface area contributed by atoms with Gasteiger partial charge in [-0.25, -0.2) is 33.7 Å². The second kappa shape index (κ2) is 39.9. The Hall–Kier alpha value is -12.1. The Kier molecular flexibility index (Phi) is 28.4. The van der Waals surface area contributed by atoms with Crippen LogP contribution < -0.4 is 18.9 Å². The summed E-state index contributed by atoms with van der Waals surface area (Å²) in [5.74, 6) is 0. The molecule has 23 heteroatoms. The minimum absolute atomic E-state index is 0.228. The minimum Gasteiger partial charge on any atom is -0.303 e. The van der Waals surface area contributed by atoms with Gasteiger partial charge in [0.25, 0.3) is 40.1 Å². The van der Waals surface area contributed by atoms with Gasteiger partial charge in [0, 0.05) is 68.6 Å². The third-order valence-electron chi connectivity index (χ3n) is 20.5. The molecule has 0 radical (unpaired) electrons. The molecule has 0 bridgehead atoms. The van der Waals surface area contributed by atoms with Crippen LogP contribution in [0, 0.1) is 27.7 Å². The highest BCUT2D eigenvalue weighted by Crippen LogP contribution is 2.31. The number of piperidine rings is 1. The lowest BCUT2D eigenvalue weighted by molar-refractivity contribution is 0.225. The number of hydrogen-bond donors (Lipinski definition) is 4. The predicted molar refractivity (Wildman–Crippen MR) is 480 cm³/mol. The van der Waals surface area contributed by atoms with Crippen LogP contribution in [0.2, 0.25) is 0 Å². The van der Waals surface area contributed by atoms with E-state index in [9.17, 15) is 33.7 Å². The zero-order chi connectivity index (χ0) is 83.2. The Morgan fingerprint density at radius 2 is 0.613 bits per heavy atom. The molecule has 4 N–H and O–H groups in total. The van der Waals surface area contributed by atoms with Crippen molar-refractivity contribution in [3.8, 4) is 0 Å². The Balaban J connectivity index is 0.000000137. The summed E-state index contributed by atoms with van der Waals surface area (Å²) in [6.07, 6.45) is 18.5. The summed E-state index contributed by atoms with van der Waals surface area (Å²) < 4.78 is 113. The van der Waals surface area contributed by atoms with E-state index in [2.05, 4.69) is 52.0 Å². The zero-order valence-electron chi connectivity index (χ0n) is 67.1. The standard InChI is InChI=1S/C25H31N3O2S.C24H23N3O2S.C24H22N2O2S.C23H21N3O2S/c1-20-11-15-23(16-12-20)31(29,30)27-24-10-7-8-21-13-14-22(26-25(21)24)9-3-6-19-28-17-4-2-5-18-28;1-18-8-12-22(13-9-18)30(28,29)27-23-7-3-5-20-10-11-21(26-24(20)23)6-2-4-19-14-16-25-17-15-19;1-18-10-16-22(17-11-18)29(27,28)26-23-9-5-8-20-13-15-21(25-24(20)23)14-12-19-6-3-2-4-7-19;1-17-8-14-21(15-9-17)29(27,28)26-22-7-4-5-18-10-11-20(25-23(18)22)13-12-19-6-2-3-16-24-19/h7-8,10-16,27H,2-6,9,17-19H2,1H3;3,5,7-17,27H,2,4,6H2,1H3;2-11,13,15-17,26H,12,14H2,1H3;2-11,14-16,26H,12-13H2,1H3. The first-order valence-corrected chi connectivity index (χ1v) is 46.0. The van der Waals surface area contributed by atoms with Gasteiger partial charge in [0.05, 0.1) is 64.4 Å². The van der Waals surface area contributed by atoms with E-state index in [1.54, 1.807) is 140 Å².